The standard InChI is InChI=1S/C12H16O3/c1-3-6-8-4-7(8)5(2)9-10(6)12(14)15-11(9)13/h5-10H,3-4H2,1-2H3. The fourth-order valence-electron chi connectivity index (χ4n) is 3.93. The number of carbonyl (C=O) groups is 2. The summed E-state index contributed by atoms with van der Waals surface area (Å²) in [5.74, 6) is 1.33. The molecule has 0 aromatic heterocycles. The van der Waals surface area contributed by atoms with Gasteiger partial charge < -0.3 is 4.74 Å². The average Bonchev–Trinajstić information content (AvgIpc) is 2.91. The van der Waals surface area contributed by atoms with Gasteiger partial charge in [0.1, 0.15) is 0 Å². The first-order valence-electron chi connectivity index (χ1n) is 5.90. The lowest BCUT2D eigenvalue weighted by atomic mass is 9.67. The fourth-order valence-corrected chi connectivity index (χ4v) is 3.93. The monoisotopic (exact) mass is 208 g/mol. The van der Waals surface area contributed by atoms with Gasteiger partial charge in [0.25, 0.3) is 0 Å². The minimum Gasteiger partial charge on any atom is -0.393 e. The molecular formula is C12H16O3. The van der Waals surface area contributed by atoms with E-state index in [1.54, 1.807) is 0 Å². The van der Waals surface area contributed by atoms with E-state index in [9.17, 15) is 9.59 Å². The van der Waals surface area contributed by atoms with Crippen LogP contribution in [0.5, 0.6) is 0 Å². The van der Waals surface area contributed by atoms with Crippen molar-refractivity contribution in [2.45, 2.75) is 26.7 Å². The molecule has 2 saturated carbocycles. The fraction of sp³-hybridized carbons (Fsp3) is 0.833. The highest BCUT2D eigenvalue weighted by molar-refractivity contribution is 5.97. The quantitative estimate of drug-likeness (QED) is 0.485. The van der Waals surface area contributed by atoms with Crippen molar-refractivity contribution in [3.63, 3.8) is 0 Å². The van der Waals surface area contributed by atoms with Crippen molar-refractivity contribution in [3.8, 4) is 0 Å². The van der Waals surface area contributed by atoms with Crippen molar-refractivity contribution in [3.05, 3.63) is 0 Å². The maximum absolute atomic E-state index is 11.7. The van der Waals surface area contributed by atoms with Gasteiger partial charge in [-0.25, -0.2) is 0 Å². The number of cyclic esters (lactones) is 2. The number of rotatable bonds is 1. The van der Waals surface area contributed by atoms with Crippen LogP contribution in [0.2, 0.25) is 0 Å². The van der Waals surface area contributed by atoms with Crippen molar-refractivity contribution in [1.82, 2.24) is 0 Å². The van der Waals surface area contributed by atoms with Gasteiger partial charge in [0.2, 0.25) is 0 Å². The Morgan fingerprint density at radius 2 is 1.87 bits per heavy atom. The summed E-state index contributed by atoms with van der Waals surface area (Å²) in [4.78, 5) is 23.3. The Hall–Kier alpha value is -0.860. The lowest BCUT2D eigenvalue weighted by Gasteiger charge is -2.32. The first-order valence-corrected chi connectivity index (χ1v) is 5.90. The van der Waals surface area contributed by atoms with Crippen LogP contribution in [0, 0.1) is 35.5 Å². The van der Waals surface area contributed by atoms with E-state index in [1.165, 1.54) is 6.42 Å². The molecule has 0 bridgehead atoms. The van der Waals surface area contributed by atoms with Crippen LogP contribution in [0.4, 0.5) is 0 Å². The molecule has 0 aromatic carbocycles. The summed E-state index contributed by atoms with van der Waals surface area (Å²) in [5, 5.41) is 0. The summed E-state index contributed by atoms with van der Waals surface area (Å²) in [6.45, 7) is 4.22. The zero-order chi connectivity index (χ0) is 10.7. The largest absolute Gasteiger partial charge is 0.393 e. The SMILES string of the molecule is CCC1C2CC2C(C)C2C(=O)OC(=O)C12. The molecule has 15 heavy (non-hydrogen) atoms. The van der Waals surface area contributed by atoms with Crippen LogP contribution >= 0.6 is 0 Å². The summed E-state index contributed by atoms with van der Waals surface area (Å²) in [6.07, 6.45) is 2.21. The summed E-state index contributed by atoms with van der Waals surface area (Å²) >= 11 is 0. The Bertz CT molecular complexity index is 336. The van der Waals surface area contributed by atoms with Crippen LogP contribution in [0.3, 0.4) is 0 Å². The van der Waals surface area contributed by atoms with Crippen LogP contribution in [0.15, 0.2) is 0 Å². The number of ether oxygens (including phenoxy) is 1. The van der Waals surface area contributed by atoms with E-state index in [1.807, 2.05) is 0 Å². The lowest BCUT2D eigenvalue weighted by molar-refractivity contribution is -0.154. The molecule has 1 heterocycles. The van der Waals surface area contributed by atoms with Crippen LogP contribution < -0.4 is 0 Å². The third kappa shape index (κ3) is 1.06. The molecule has 3 heteroatoms. The predicted octanol–water partition coefficient (Wildman–Crippen LogP) is 1.61. The minimum atomic E-state index is -0.263. The number of fused-ring (bicyclic) bond motifs is 2. The van der Waals surface area contributed by atoms with E-state index in [-0.39, 0.29) is 23.8 Å². The van der Waals surface area contributed by atoms with Crippen molar-refractivity contribution in [2.75, 3.05) is 0 Å². The van der Waals surface area contributed by atoms with Crippen molar-refractivity contribution < 1.29 is 14.3 Å². The normalized spacial score (nSPS) is 52.1. The average molecular weight is 208 g/mol. The van der Waals surface area contributed by atoms with Crippen LogP contribution in [-0.2, 0) is 14.3 Å². The molecule has 3 aliphatic rings. The molecule has 0 spiro atoms. The van der Waals surface area contributed by atoms with Gasteiger partial charge in [0.15, 0.2) is 0 Å². The van der Waals surface area contributed by atoms with Crippen molar-refractivity contribution in [1.29, 1.82) is 0 Å². The van der Waals surface area contributed by atoms with Gasteiger partial charge in [-0.15, -0.1) is 0 Å². The number of hydrogen-bond donors (Lipinski definition) is 0. The molecular weight excluding hydrogens is 192 g/mol. The second-order valence-electron chi connectivity index (χ2n) is 5.29. The molecule has 1 saturated heterocycles. The van der Waals surface area contributed by atoms with Gasteiger partial charge in [-0.1, -0.05) is 20.3 Å². The van der Waals surface area contributed by atoms with Gasteiger partial charge >= 0.3 is 11.9 Å². The van der Waals surface area contributed by atoms with Crippen molar-refractivity contribution >= 4 is 11.9 Å². The topological polar surface area (TPSA) is 43.4 Å². The second kappa shape index (κ2) is 2.83. The van der Waals surface area contributed by atoms with E-state index in [0.29, 0.717) is 23.7 Å². The highest BCUT2D eigenvalue weighted by atomic mass is 16.6. The van der Waals surface area contributed by atoms with E-state index in [4.69, 9.17) is 4.74 Å². The molecule has 3 nitrogen and oxygen atoms in total. The van der Waals surface area contributed by atoms with Crippen molar-refractivity contribution in [2.24, 2.45) is 35.5 Å². The lowest BCUT2D eigenvalue weighted by Crippen LogP contribution is -2.37. The zero-order valence-electron chi connectivity index (χ0n) is 9.10. The highest BCUT2D eigenvalue weighted by Crippen LogP contribution is 2.62. The first kappa shape index (κ1) is 9.37. The molecule has 0 radical (unpaired) electrons. The van der Waals surface area contributed by atoms with Gasteiger partial charge in [-0.05, 0) is 30.1 Å². The van der Waals surface area contributed by atoms with Gasteiger partial charge in [-0.3, -0.25) is 9.59 Å². The summed E-state index contributed by atoms with van der Waals surface area (Å²) in [7, 11) is 0. The molecule has 82 valence electrons. The molecule has 6 atom stereocenters. The predicted molar refractivity (Wildman–Crippen MR) is 52.6 cm³/mol. The molecule has 1 aliphatic heterocycles. The molecule has 2 aliphatic carbocycles. The molecule has 3 rings (SSSR count). The Morgan fingerprint density at radius 3 is 2.53 bits per heavy atom. The molecule has 0 aromatic rings. The van der Waals surface area contributed by atoms with E-state index in [0.717, 1.165) is 6.42 Å². The third-order valence-corrected chi connectivity index (χ3v) is 4.75. The minimum absolute atomic E-state index is 0.124. The summed E-state index contributed by atoms with van der Waals surface area (Å²) < 4.78 is 4.80. The maximum atomic E-state index is 11.7. The molecule has 6 unspecified atom stereocenters. The van der Waals surface area contributed by atoms with Gasteiger partial charge in [-0.2, -0.15) is 0 Å². The van der Waals surface area contributed by atoms with E-state index in [2.05, 4.69) is 13.8 Å². The van der Waals surface area contributed by atoms with E-state index >= 15 is 0 Å². The van der Waals surface area contributed by atoms with Crippen LogP contribution in [0.25, 0.3) is 0 Å². The Labute approximate surface area is 89.2 Å². The number of carbonyl (C=O) groups excluding carboxylic acids is 2. The Balaban J connectivity index is 1.98. The summed E-state index contributed by atoms with van der Waals surface area (Å²) in [6, 6.07) is 0. The Morgan fingerprint density at radius 1 is 1.20 bits per heavy atom. The van der Waals surface area contributed by atoms with Crippen LogP contribution in [0.1, 0.15) is 26.7 Å². The first-order chi connectivity index (χ1) is 7.15. The molecule has 3 fully saturated rings. The smallest absolute Gasteiger partial charge is 0.317 e. The second-order valence-corrected chi connectivity index (χ2v) is 5.29. The molecule has 0 amide bonds. The van der Waals surface area contributed by atoms with Crippen LogP contribution in [-0.4, -0.2) is 11.9 Å². The van der Waals surface area contributed by atoms with E-state index < -0.39 is 0 Å². The molecule has 0 N–H and O–H groups in total. The number of esters is 2. The Kier molecular flexibility index (Phi) is 1.77. The maximum Gasteiger partial charge on any atom is 0.317 e. The zero-order valence-corrected chi connectivity index (χ0v) is 9.10. The highest BCUT2D eigenvalue weighted by Gasteiger charge is 2.63. The third-order valence-electron chi connectivity index (χ3n) is 4.75. The number of hydrogen-bond acceptors (Lipinski definition) is 3. The van der Waals surface area contributed by atoms with Gasteiger partial charge in [0.05, 0.1) is 11.8 Å². The van der Waals surface area contributed by atoms with Gasteiger partial charge in [0, 0.05) is 0 Å². The summed E-state index contributed by atoms with van der Waals surface area (Å²) in [5.41, 5.74) is 0.